The Hall–Kier alpha value is -3.22. The van der Waals surface area contributed by atoms with Crippen LogP contribution in [0.3, 0.4) is 0 Å². The number of aromatic nitrogens is 1. The number of benzene rings is 2. The monoisotopic (exact) mass is 340 g/mol. The van der Waals surface area contributed by atoms with Gasteiger partial charge < -0.3 is 5.32 Å². The first-order chi connectivity index (χ1) is 12.0. The van der Waals surface area contributed by atoms with Crippen LogP contribution in [-0.4, -0.2) is 17.3 Å². The van der Waals surface area contributed by atoms with Crippen molar-refractivity contribution < 1.29 is 13.2 Å². The third-order valence-corrected chi connectivity index (χ3v) is 3.83. The lowest BCUT2D eigenvalue weighted by atomic mass is 10.0. The number of alkyl halides is 3. The summed E-state index contributed by atoms with van der Waals surface area (Å²) >= 11 is 0. The number of para-hydroxylation sites is 1. The van der Waals surface area contributed by atoms with Gasteiger partial charge in [0.1, 0.15) is 6.34 Å². The van der Waals surface area contributed by atoms with Crippen molar-refractivity contribution in [2.24, 2.45) is 9.98 Å². The van der Waals surface area contributed by atoms with Gasteiger partial charge in [-0.05, 0) is 18.2 Å². The second-order valence-electron chi connectivity index (χ2n) is 5.44. The third kappa shape index (κ3) is 2.84. The molecule has 25 heavy (non-hydrogen) atoms. The molecule has 0 fully saturated rings. The van der Waals surface area contributed by atoms with E-state index in [4.69, 9.17) is 0 Å². The topological polar surface area (TPSA) is 49.6 Å². The van der Waals surface area contributed by atoms with Gasteiger partial charge in [0, 0.05) is 10.9 Å². The number of aliphatic imine (C=N–C) groups is 2. The van der Waals surface area contributed by atoms with Gasteiger partial charge >= 0.3 is 6.18 Å². The third-order valence-electron chi connectivity index (χ3n) is 3.83. The van der Waals surface area contributed by atoms with Crippen LogP contribution in [0, 0.1) is 0 Å². The minimum Gasteiger partial charge on any atom is -0.323 e. The molecule has 1 N–H and O–H groups in total. The van der Waals surface area contributed by atoms with Crippen molar-refractivity contribution in [3.63, 3.8) is 0 Å². The van der Waals surface area contributed by atoms with E-state index in [9.17, 15) is 13.2 Å². The van der Waals surface area contributed by atoms with E-state index < -0.39 is 11.7 Å². The van der Waals surface area contributed by atoms with Crippen LogP contribution in [-0.2, 0) is 6.18 Å². The van der Waals surface area contributed by atoms with Gasteiger partial charge in [0.15, 0.2) is 0 Å². The molecule has 1 aliphatic rings. The highest BCUT2D eigenvalue weighted by Crippen LogP contribution is 2.38. The first kappa shape index (κ1) is 15.3. The zero-order chi connectivity index (χ0) is 17.4. The largest absolute Gasteiger partial charge is 0.417 e. The molecule has 1 aromatic heterocycles. The number of hydrogen-bond donors (Lipinski definition) is 1. The van der Waals surface area contributed by atoms with Crippen LogP contribution in [0.15, 0.2) is 64.6 Å². The number of anilines is 1. The molecule has 3 aromatic rings. The number of guanidine groups is 1. The number of halogens is 3. The predicted octanol–water partition coefficient (Wildman–Crippen LogP) is 4.73. The molecule has 0 atom stereocenters. The van der Waals surface area contributed by atoms with Crippen LogP contribution >= 0.6 is 0 Å². The quantitative estimate of drug-likeness (QED) is 0.733. The fraction of sp³-hybridized carbons (Fsp3) is 0.0556. The summed E-state index contributed by atoms with van der Waals surface area (Å²) in [5.74, 6) is 0.409. The second kappa shape index (κ2) is 5.70. The maximum absolute atomic E-state index is 13.3. The van der Waals surface area contributed by atoms with Crippen molar-refractivity contribution in [1.29, 1.82) is 0 Å². The standard InChI is InChI=1S/C18H11F3N4/c19-18(20,21)13-7-3-1-5-11(13)15-9-16(25-17-22-10-23-17)12-6-2-4-8-14(12)24-15/h1-10H,(H,22,23,24,25). The maximum atomic E-state index is 13.3. The highest BCUT2D eigenvalue weighted by Gasteiger charge is 2.33. The van der Waals surface area contributed by atoms with Crippen molar-refractivity contribution in [2.75, 3.05) is 5.32 Å². The highest BCUT2D eigenvalue weighted by molar-refractivity contribution is 6.11. The van der Waals surface area contributed by atoms with E-state index in [1.165, 1.54) is 18.5 Å². The summed E-state index contributed by atoms with van der Waals surface area (Å²) in [6.45, 7) is 0. The molecule has 1 aliphatic heterocycles. The van der Waals surface area contributed by atoms with Gasteiger partial charge in [-0.25, -0.2) is 15.0 Å². The summed E-state index contributed by atoms with van der Waals surface area (Å²) < 4.78 is 40.0. The van der Waals surface area contributed by atoms with Gasteiger partial charge in [-0.1, -0.05) is 36.4 Å². The van der Waals surface area contributed by atoms with Gasteiger partial charge in [-0.15, -0.1) is 0 Å². The Morgan fingerprint density at radius 1 is 0.920 bits per heavy atom. The van der Waals surface area contributed by atoms with Gasteiger partial charge in [-0.2, -0.15) is 13.2 Å². The van der Waals surface area contributed by atoms with Crippen molar-refractivity contribution in [1.82, 2.24) is 4.98 Å². The number of fused-ring (bicyclic) bond motifs is 1. The Morgan fingerprint density at radius 3 is 2.36 bits per heavy atom. The molecular weight excluding hydrogens is 329 g/mol. The van der Waals surface area contributed by atoms with Gasteiger partial charge in [0.05, 0.1) is 22.5 Å². The molecule has 4 rings (SSSR count). The van der Waals surface area contributed by atoms with Crippen LogP contribution in [0.4, 0.5) is 18.9 Å². The van der Waals surface area contributed by atoms with Crippen molar-refractivity contribution >= 4 is 28.9 Å². The Balaban J connectivity index is 1.91. The molecule has 0 saturated carbocycles. The zero-order valence-corrected chi connectivity index (χ0v) is 12.7. The van der Waals surface area contributed by atoms with Crippen LogP contribution in [0.25, 0.3) is 22.2 Å². The minimum atomic E-state index is -4.46. The molecule has 0 saturated heterocycles. The lowest BCUT2D eigenvalue weighted by Gasteiger charge is -2.16. The van der Waals surface area contributed by atoms with Crippen LogP contribution in [0.2, 0.25) is 0 Å². The molecule has 0 unspecified atom stereocenters. The molecule has 0 amide bonds. The Labute approximate surface area is 140 Å². The lowest BCUT2D eigenvalue weighted by molar-refractivity contribution is -0.137. The molecule has 0 bridgehead atoms. The number of pyridine rings is 1. The van der Waals surface area contributed by atoms with E-state index in [1.807, 2.05) is 12.1 Å². The van der Waals surface area contributed by atoms with E-state index in [0.717, 1.165) is 11.5 Å². The smallest absolute Gasteiger partial charge is 0.323 e. The average Bonchev–Trinajstić information content (AvgIpc) is 2.57. The molecule has 4 nitrogen and oxygen atoms in total. The maximum Gasteiger partial charge on any atom is 0.417 e. The Bertz CT molecular complexity index is 1020. The first-order valence-corrected chi connectivity index (χ1v) is 7.46. The summed E-state index contributed by atoms with van der Waals surface area (Å²) in [6, 6.07) is 14.2. The lowest BCUT2D eigenvalue weighted by Crippen LogP contribution is -2.15. The number of hydrogen-bond acceptors (Lipinski definition) is 4. The summed E-state index contributed by atoms with van der Waals surface area (Å²) in [4.78, 5) is 12.3. The first-order valence-electron chi connectivity index (χ1n) is 7.46. The fourth-order valence-electron chi connectivity index (χ4n) is 2.67. The van der Waals surface area contributed by atoms with Crippen molar-refractivity contribution in [3.05, 3.63) is 60.2 Å². The Kier molecular flexibility index (Phi) is 3.49. The normalized spacial score (nSPS) is 13.5. The molecule has 0 aliphatic carbocycles. The summed E-state index contributed by atoms with van der Waals surface area (Å²) in [5.41, 5.74) is 0.736. The predicted molar refractivity (Wildman–Crippen MR) is 91.7 cm³/mol. The number of nitrogens with zero attached hydrogens (tertiary/aromatic N) is 3. The van der Waals surface area contributed by atoms with Gasteiger partial charge in [-0.3, -0.25) is 0 Å². The van der Waals surface area contributed by atoms with Crippen molar-refractivity contribution in [3.8, 4) is 11.3 Å². The molecule has 2 heterocycles. The fourth-order valence-corrected chi connectivity index (χ4v) is 2.67. The Morgan fingerprint density at radius 2 is 1.64 bits per heavy atom. The summed E-state index contributed by atoms with van der Waals surface area (Å²) in [7, 11) is 0. The van der Waals surface area contributed by atoms with Crippen LogP contribution in [0.1, 0.15) is 5.56 Å². The average molecular weight is 340 g/mol. The minimum absolute atomic E-state index is 0.0304. The summed E-state index contributed by atoms with van der Waals surface area (Å²) in [5, 5.41) is 3.80. The number of rotatable bonds is 2. The zero-order valence-electron chi connectivity index (χ0n) is 12.7. The van der Waals surface area contributed by atoms with Crippen LogP contribution in [0.5, 0.6) is 0 Å². The second-order valence-corrected chi connectivity index (χ2v) is 5.44. The van der Waals surface area contributed by atoms with Gasteiger partial charge in [0.2, 0.25) is 5.96 Å². The van der Waals surface area contributed by atoms with E-state index in [2.05, 4.69) is 20.3 Å². The molecule has 0 radical (unpaired) electrons. The van der Waals surface area contributed by atoms with E-state index in [-0.39, 0.29) is 11.3 Å². The molecule has 0 spiro atoms. The number of nitrogens with one attached hydrogen (secondary N) is 1. The molecular formula is C18H11F3N4. The highest BCUT2D eigenvalue weighted by atomic mass is 19.4. The van der Waals surface area contributed by atoms with E-state index in [1.54, 1.807) is 24.3 Å². The molecule has 2 aromatic carbocycles. The van der Waals surface area contributed by atoms with Crippen molar-refractivity contribution in [2.45, 2.75) is 6.18 Å². The SMILES string of the molecule is FC(F)(F)c1ccccc1-c1cc(NC2=NC=N2)c2ccccc2n1. The van der Waals surface area contributed by atoms with E-state index in [0.29, 0.717) is 17.2 Å². The molecule has 7 heteroatoms. The molecule has 124 valence electrons. The van der Waals surface area contributed by atoms with Crippen LogP contribution < -0.4 is 5.32 Å². The van der Waals surface area contributed by atoms with Gasteiger partial charge in [0.25, 0.3) is 0 Å². The van der Waals surface area contributed by atoms with E-state index >= 15 is 0 Å². The summed E-state index contributed by atoms with van der Waals surface area (Å²) in [6.07, 6.45) is -3.06.